The molecule has 1 atom stereocenters. The molecule has 0 aromatic carbocycles. The summed E-state index contributed by atoms with van der Waals surface area (Å²) in [5, 5.41) is 0. The van der Waals surface area contributed by atoms with Crippen LogP contribution in [0.1, 0.15) is 25.7 Å². The third kappa shape index (κ3) is 2.57. The fourth-order valence-electron chi connectivity index (χ4n) is 3.03. The lowest BCUT2D eigenvalue weighted by molar-refractivity contribution is -0.141. The summed E-state index contributed by atoms with van der Waals surface area (Å²) >= 11 is 0. The van der Waals surface area contributed by atoms with Crippen LogP contribution in [0.5, 0.6) is 0 Å². The highest BCUT2D eigenvalue weighted by atomic mass is 16.5. The molecule has 2 aromatic rings. The van der Waals surface area contributed by atoms with Gasteiger partial charge in [-0.15, -0.1) is 0 Å². The lowest BCUT2D eigenvalue weighted by Crippen LogP contribution is -2.41. The van der Waals surface area contributed by atoms with Crippen molar-refractivity contribution >= 4 is 22.8 Å². The first kappa shape index (κ1) is 13.9. The van der Waals surface area contributed by atoms with Gasteiger partial charge in [-0.1, -0.05) is 0 Å². The number of carbonyl (C=O) groups excluding carboxylic acids is 1. The van der Waals surface area contributed by atoms with Gasteiger partial charge in [0.1, 0.15) is 5.52 Å². The van der Waals surface area contributed by atoms with Crippen LogP contribution in [0.4, 0.5) is 5.82 Å². The molecule has 0 saturated carbocycles. The number of hydrogen-bond donors (Lipinski definition) is 0. The number of fused-ring (bicyclic) bond motifs is 1. The number of ether oxygens (including phenoxy) is 1. The van der Waals surface area contributed by atoms with Crippen LogP contribution in [0.25, 0.3) is 11.0 Å². The van der Waals surface area contributed by atoms with Crippen molar-refractivity contribution in [2.75, 3.05) is 18.6 Å². The fraction of sp³-hybridized carbons (Fsp3) is 0.533. The van der Waals surface area contributed by atoms with E-state index in [0.29, 0.717) is 6.42 Å². The van der Waals surface area contributed by atoms with E-state index in [-0.39, 0.29) is 12.0 Å². The van der Waals surface area contributed by atoms with Crippen LogP contribution in [-0.2, 0) is 16.6 Å². The van der Waals surface area contributed by atoms with Crippen molar-refractivity contribution in [1.82, 2.24) is 14.5 Å². The van der Waals surface area contributed by atoms with Gasteiger partial charge < -0.3 is 14.2 Å². The largest absolute Gasteiger partial charge is 0.469 e. The molecule has 0 radical (unpaired) electrons. The van der Waals surface area contributed by atoms with E-state index < -0.39 is 0 Å². The molecule has 0 aliphatic carbocycles. The number of rotatable bonds is 3. The van der Waals surface area contributed by atoms with Crippen molar-refractivity contribution in [3.8, 4) is 0 Å². The molecule has 1 aliphatic rings. The minimum absolute atomic E-state index is 0.145. The Kier molecular flexibility index (Phi) is 3.77. The number of esters is 1. The molecule has 6 heteroatoms. The molecule has 21 heavy (non-hydrogen) atoms. The maximum Gasteiger partial charge on any atom is 0.307 e. The predicted molar refractivity (Wildman–Crippen MR) is 80.1 cm³/mol. The molecule has 1 saturated heterocycles. The van der Waals surface area contributed by atoms with Gasteiger partial charge in [0.05, 0.1) is 25.4 Å². The third-order valence-corrected chi connectivity index (χ3v) is 4.15. The number of imidazole rings is 1. The van der Waals surface area contributed by atoms with Gasteiger partial charge in [-0.2, -0.15) is 0 Å². The van der Waals surface area contributed by atoms with Crippen LogP contribution in [-0.4, -0.2) is 40.2 Å². The second kappa shape index (κ2) is 5.71. The van der Waals surface area contributed by atoms with Crippen molar-refractivity contribution in [1.29, 1.82) is 0 Å². The first-order valence-electron chi connectivity index (χ1n) is 7.30. The molecule has 112 valence electrons. The Morgan fingerprint density at radius 1 is 1.43 bits per heavy atom. The van der Waals surface area contributed by atoms with Gasteiger partial charge >= 0.3 is 5.97 Å². The maximum absolute atomic E-state index is 11.6. The minimum atomic E-state index is -0.167. The van der Waals surface area contributed by atoms with Gasteiger partial charge in [-0.25, -0.2) is 9.97 Å². The van der Waals surface area contributed by atoms with E-state index in [4.69, 9.17) is 4.74 Å². The van der Waals surface area contributed by atoms with Crippen molar-refractivity contribution in [2.45, 2.75) is 31.7 Å². The summed E-state index contributed by atoms with van der Waals surface area (Å²) in [7, 11) is 3.41. The highest BCUT2D eigenvalue weighted by Gasteiger charge is 2.28. The van der Waals surface area contributed by atoms with E-state index in [1.165, 1.54) is 7.11 Å². The molecular formula is C15H20N4O2. The van der Waals surface area contributed by atoms with Gasteiger partial charge in [0.25, 0.3) is 0 Å². The topological polar surface area (TPSA) is 60.2 Å². The lowest BCUT2D eigenvalue weighted by Gasteiger charge is -2.36. The summed E-state index contributed by atoms with van der Waals surface area (Å²) in [5.41, 5.74) is 1.96. The van der Waals surface area contributed by atoms with Crippen molar-refractivity contribution in [3.05, 3.63) is 18.6 Å². The summed E-state index contributed by atoms with van der Waals surface area (Å²) in [6.07, 6.45) is 7.25. The smallest absolute Gasteiger partial charge is 0.307 e. The zero-order valence-electron chi connectivity index (χ0n) is 12.5. The first-order valence-corrected chi connectivity index (χ1v) is 7.30. The van der Waals surface area contributed by atoms with Crippen molar-refractivity contribution in [2.24, 2.45) is 7.05 Å². The monoisotopic (exact) mass is 288 g/mol. The van der Waals surface area contributed by atoms with Crippen LogP contribution in [0.2, 0.25) is 0 Å². The average molecular weight is 288 g/mol. The number of aryl methyl sites for hydroxylation is 1. The highest BCUT2D eigenvalue weighted by Crippen LogP contribution is 2.29. The molecule has 3 rings (SSSR count). The minimum Gasteiger partial charge on any atom is -0.469 e. The van der Waals surface area contributed by atoms with E-state index in [9.17, 15) is 4.79 Å². The Labute approximate surface area is 123 Å². The predicted octanol–water partition coefficient (Wildman–Crippen LogP) is 1.89. The van der Waals surface area contributed by atoms with Crippen molar-refractivity contribution in [3.63, 3.8) is 0 Å². The second-order valence-electron chi connectivity index (χ2n) is 5.48. The van der Waals surface area contributed by atoms with Gasteiger partial charge in [-0.05, 0) is 25.3 Å². The standard InChI is InChI=1S/C15H20N4O2/c1-18-10-17-14-12(18)6-7-16-15(14)19-8-4-3-5-11(19)9-13(20)21-2/h6-7,10-11H,3-5,8-9H2,1-2H3. The molecule has 2 aromatic heterocycles. The Hall–Kier alpha value is -2.11. The van der Waals surface area contributed by atoms with E-state index in [0.717, 1.165) is 42.7 Å². The number of nitrogens with zero attached hydrogens (tertiary/aromatic N) is 4. The normalized spacial score (nSPS) is 19.0. The number of hydrogen-bond acceptors (Lipinski definition) is 5. The van der Waals surface area contributed by atoms with E-state index >= 15 is 0 Å². The SMILES string of the molecule is COC(=O)CC1CCCCN1c1nccc2c1ncn2C. The number of carbonyl (C=O) groups is 1. The molecule has 1 unspecified atom stereocenters. The molecule has 1 aliphatic heterocycles. The number of anilines is 1. The molecular weight excluding hydrogens is 268 g/mol. The average Bonchev–Trinajstić information content (AvgIpc) is 2.89. The van der Waals surface area contributed by atoms with E-state index in [2.05, 4.69) is 14.9 Å². The Morgan fingerprint density at radius 2 is 2.29 bits per heavy atom. The van der Waals surface area contributed by atoms with Crippen LogP contribution >= 0.6 is 0 Å². The van der Waals surface area contributed by atoms with E-state index in [1.54, 1.807) is 6.33 Å². The fourth-order valence-corrected chi connectivity index (χ4v) is 3.03. The van der Waals surface area contributed by atoms with Gasteiger partial charge in [-0.3, -0.25) is 4.79 Å². The molecule has 0 spiro atoms. The molecule has 0 bridgehead atoms. The molecule has 0 amide bonds. The quantitative estimate of drug-likeness (QED) is 0.807. The first-order chi connectivity index (χ1) is 10.2. The molecule has 1 fully saturated rings. The highest BCUT2D eigenvalue weighted by molar-refractivity contribution is 5.86. The van der Waals surface area contributed by atoms with E-state index in [1.807, 2.05) is 23.9 Å². The Bertz CT molecular complexity index is 652. The summed E-state index contributed by atoms with van der Waals surface area (Å²) in [5.74, 6) is 0.710. The zero-order chi connectivity index (χ0) is 14.8. The van der Waals surface area contributed by atoms with Crippen LogP contribution in [0, 0.1) is 0 Å². The summed E-state index contributed by atoms with van der Waals surface area (Å²) in [6, 6.07) is 2.11. The maximum atomic E-state index is 11.6. The Balaban J connectivity index is 1.96. The number of piperidine rings is 1. The number of methoxy groups -OCH3 is 1. The van der Waals surface area contributed by atoms with Gasteiger partial charge in [0.15, 0.2) is 5.82 Å². The molecule has 0 N–H and O–H groups in total. The van der Waals surface area contributed by atoms with Crippen molar-refractivity contribution < 1.29 is 9.53 Å². The molecule has 6 nitrogen and oxygen atoms in total. The van der Waals surface area contributed by atoms with Gasteiger partial charge in [0, 0.05) is 25.8 Å². The van der Waals surface area contributed by atoms with Crippen LogP contribution < -0.4 is 4.90 Å². The van der Waals surface area contributed by atoms with Crippen LogP contribution in [0.3, 0.4) is 0 Å². The lowest BCUT2D eigenvalue weighted by atomic mass is 9.99. The summed E-state index contributed by atoms with van der Waals surface area (Å²) in [4.78, 5) is 22.8. The Morgan fingerprint density at radius 3 is 3.10 bits per heavy atom. The summed E-state index contributed by atoms with van der Waals surface area (Å²) < 4.78 is 6.81. The number of aromatic nitrogens is 3. The molecule has 3 heterocycles. The van der Waals surface area contributed by atoms with Gasteiger partial charge in [0.2, 0.25) is 0 Å². The number of pyridine rings is 1. The summed E-state index contributed by atoms with van der Waals surface area (Å²) in [6.45, 7) is 0.907. The second-order valence-corrected chi connectivity index (χ2v) is 5.48. The van der Waals surface area contributed by atoms with Crippen LogP contribution in [0.15, 0.2) is 18.6 Å². The third-order valence-electron chi connectivity index (χ3n) is 4.15. The zero-order valence-corrected chi connectivity index (χ0v) is 12.5.